The Labute approximate surface area is 113 Å². The molecular weight excluding hydrogens is 244 g/mol. The van der Waals surface area contributed by atoms with Crippen LogP contribution in [0.4, 0.5) is 11.4 Å². The third kappa shape index (κ3) is 3.17. The molecule has 1 saturated heterocycles. The minimum atomic E-state index is -0.950. The molecule has 1 aliphatic heterocycles. The van der Waals surface area contributed by atoms with Crippen LogP contribution in [0.2, 0.25) is 0 Å². The van der Waals surface area contributed by atoms with Gasteiger partial charge >= 0.3 is 5.97 Å². The molecule has 1 unspecified atom stereocenters. The number of ether oxygens (including phenoxy) is 1. The molecule has 0 saturated carbocycles. The third-order valence-electron chi connectivity index (χ3n) is 3.54. The summed E-state index contributed by atoms with van der Waals surface area (Å²) in [7, 11) is 1.72. The van der Waals surface area contributed by atoms with Crippen LogP contribution in [0.5, 0.6) is 0 Å². The van der Waals surface area contributed by atoms with E-state index < -0.39 is 5.97 Å². The molecule has 0 aliphatic carbocycles. The summed E-state index contributed by atoms with van der Waals surface area (Å²) in [6.07, 6.45) is 2.27. The molecule has 0 spiro atoms. The lowest BCUT2D eigenvalue weighted by molar-refractivity contribution is 0.0697. The van der Waals surface area contributed by atoms with Crippen molar-refractivity contribution in [2.45, 2.75) is 12.8 Å². The van der Waals surface area contributed by atoms with Gasteiger partial charge < -0.3 is 20.5 Å². The van der Waals surface area contributed by atoms with E-state index in [9.17, 15) is 4.79 Å². The van der Waals surface area contributed by atoms with E-state index in [0.29, 0.717) is 11.6 Å². The van der Waals surface area contributed by atoms with Gasteiger partial charge in [0.2, 0.25) is 0 Å². The zero-order valence-corrected chi connectivity index (χ0v) is 11.1. The summed E-state index contributed by atoms with van der Waals surface area (Å²) < 4.78 is 5.21. The highest BCUT2D eigenvalue weighted by Gasteiger charge is 2.21. The molecule has 5 heteroatoms. The van der Waals surface area contributed by atoms with Crippen molar-refractivity contribution in [1.29, 1.82) is 0 Å². The van der Waals surface area contributed by atoms with Crippen molar-refractivity contribution < 1.29 is 14.6 Å². The number of anilines is 2. The molecule has 3 N–H and O–H groups in total. The number of piperidine rings is 1. The number of benzene rings is 1. The Balaban J connectivity index is 2.15. The first-order chi connectivity index (χ1) is 9.11. The summed E-state index contributed by atoms with van der Waals surface area (Å²) in [4.78, 5) is 13.1. The lowest BCUT2D eigenvalue weighted by atomic mass is 9.98. The Morgan fingerprint density at radius 2 is 2.37 bits per heavy atom. The van der Waals surface area contributed by atoms with Gasteiger partial charge in [-0.15, -0.1) is 0 Å². The van der Waals surface area contributed by atoms with Crippen LogP contribution in [0.1, 0.15) is 23.2 Å². The van der Waals surface area contributed by atoms with Crippen LogP contribution < -0.4 is 10.6 Å². The summed E-state index contributed by atoms with van der Waals surface area (Å²) in [6.45, 7) is 2.62. The summed E-state index contributed by atoms with van der Waals surface area (Å²) in [5.74, 6) is -0.438. The molecule has 0 bridgehead atoms. The van der Waals surface area contributed by atoms with E-state index >= 15 is 0 Å². The molecule has 19 heavy (non-hydrogen) atoms. The summed E-state index contributed by atoms with van der Waals surface area (Å²) in [6, 6.07) is 4.93. The number of carbonyl (C=O) groups is 1. The fourth-order valence-electron chi connectivity index (χ4n) is 2.63. The quantitative estimate of drug-likeness (QED) is 0.811. The number of nitrogens with two attached hydrogens (primary N) is 1. The van der Waals surface area contributed by atoms with Crippen LogP contribution in [0.15, 0.2) is 18.2 Å². The van der Waals surface area contributed by atoms with Crippen LogP contribution in [-0.2, 0) is 4.74 Å². The van der Waals surface area contributed by atoms with Crippen molar-refractivity contribution in [2.24, 2.45) is 5.92 Å². The van der Waals surface area contributed by atoms with Gasteiger partial charge in [0.1, 0.15) is 0 Å². The number of hydrogen-bond acceptors (Lipinski definition) is 4. The average molecular weight is 264 g/mol. The van der Waals surface area contributed by atoms with Crippen molar-refractivity contribution in [3.63, 3.8) is 0 Å². The summed E-state index contributed by atoms with van der Waals surface area (Å²) in [5, 5.41) is 8.94. The van der Waals surface area contributed by atoms with Gasteiger partial charge in [-0.1, -0.05) is 0 Å². The maximum absolute atomic E-state index is 10.9. The molecule has 5 nitrogen and oxygen atoms in total. The second-order valence-corrected chi connectivity index (χ2v) is 4.99. The van der Waals surface area contributed by atoms with Crippen LogP contribution in [0.3, 0.4) is 0 Å². The van der Waals surface area contributed by atoms with Crippen molar-refractivity contribution >= 4 is 17.3 Å². The fraction of sp³-hybridized carbons (Fsp3) is 0.500. The van der Waals surface area contributed by atoms with Gasteiger partial charge in [-0.25, -0.2) is 4.79 Å². The molecule has 1 aromatic carbocycles. The van der Waals surface area contributed by atoms with Crippen LogP contribution in [0.25, 0.3) is 0 Å². The van der Waals surface area contributed by atoms with Gasteiger partial charge in [0, 0.05) is 20.2 Å². The number of carboxylic acid groups (broad SMARTS) is 1. The number of rotatable bonds is 4. The van der Waals surface area contributed by atoms with Crippen LogP contribution >= 0.6 is 0 Å². The zero-order chi connectivity index (χ0) is 13.8. The third-order valence-corrected chi connectivity index (χ3v) is 3.54. The molecule has 1 heterocycles. The molecule has 0 amide bonds. The molecule has 2 rings (SSSR count). The minimum absolute atomic E-state index is 0.228. The number of nitrogen functional groups attached to an aromatic ring is 1. The Kier molecular flexibility index (Phi) is 4.27. The smallest absolute Gasteiger partial charge is 0.335 e. The Hall–Kier alpha value is -1.75. The lowest BCUT2D eigenvalue weighted by Gasteiger charge is -2.34. The zero-order valence-electron chi connectivity index (χ0n) is 11.1. The van der Waals surface area contributed by atoms with Crippen molar-refractivity contribution in [2.75, 3.05) is 37.4 Å². The number of methoxy groups -OCH3 is 1. The largest absolute Gasteiger partial charge is 0.478 e. The highest BCUT2D eigenvalue weighted by atomic mass is 16.5. The first kappa shape index (κ1) is 13.7. The highest BCUT2D eigenvalue weighted by molar-refractivity contribution is 5.90. The maximum atomic E-state index is 10.9. The van der Waals surface area contributed by atoms with Crippen molar-refractivity contribution in [1.82, 2.24) is 0 Å². The van der Waals surface area contributed by atoms with E-state index in [-0.39, 0.29) is 5.56 Å². The molecule has 104 valence electrons. The monoisotopic (exact) mass is 264 g/mol. The van der Waals surface area contributed by atoms with E-state index in [1.165, 1.54) is 6.07 Å². The first-order valence-corrected chi connectivity index (χ1v) is 6.48. The van der Waals surface area contributed by atoms with E-state index in [0.717, 1.165) is 38.2 Å². The second kappa shape index (κ2) is 5.93. The van der Waals surface area contributed by atoms with E-state index in [2.05, 4.69) is 4.90 Å². The Morgan fingerprint density at radius 3 is 3.00 bits per heavy atom. The molecule has 1 aliphatic rings. The predicted octanol–water partition coefficient (Wildman–Crippen LogP) is 1.83. The number of aromatic carboxylic acids is 1. The van der Waals surface area contributed by atoms with Gasteiger partial charge in [-0.05, 0) is 37.0 Å². The molecular formula is C14H20N2O3. The molecule has 0 aromatic heterocycles. The molecule has 1 atom stereocenters. The van der Waals surface area contributed by atoms with Crippen LogP contribution in [0, 0.1) is 5.92 Å². The number of hydrogen-bond donors (Lipinski definition) is 2. The average Bonchev–Trinajstić information content (AvgIpc) is 2.39. The van der Waals surface area contributed by atoms with Gasteiger partial charge in [0.05, 0.1) is 23.5 Å². The maximum Gasteiger partial charge on any atom is 0.335 e. The minimum Gasteiger partial charge on any atom is -0.478 e. The summed E-state index contributed by atoms with van der Waals surface area (Å²) >= 11 is 0. The Morgan fingerprint density at radius 1 is 1.58 bits per heavy atom. The molecule has 0 radical (unpaired) electrons. The predicted molar refractivity (Wildman–Crippen MR) is 74.6 cm³/mol. The van der Waals surface area contributed by atoms with Gasteiger partial charge in [0.25, 0.3) is 0 Å². The molecule has 1 fully saturated rings. The lowest BCUT2D eigenvalue weighted by Crippen LogP contribution is -2.37. The number of carboxylic acids is 1. The Bertz CT molecular complexity index is 460. The summed E-state index contributed by atoms with van der Waals surface area (Å²) in [5.41, 5.74) is 7.65. The highest BCUT2D eigenvalue weighted by Crippen LogP contribution is 2.29. The topological polar surface area (TPSA) is 75.8 Å². The normalized spacial score (nSPS) is 19.4. The van der Waals surface area contributed by atoms with E-state index in [1.807, 2.05) is 0 Å². The SMILES string of the molecule is COCC1CCCN(c2ccc(C(=O)O)cc2N)C1. The van der Waals surface area contributed by atoms with Gasteiger partial charge in [0.15, 0.2) is 0 Å². The first-order valence-electron chi connectivity index (χ1n) is 6.48. The second-order valence-electron chi connectivity index (χ2n) is 4.99. The van der Waals surface area contributed by atoms with Gasteiger partial charge in [-0.2, -0.15) is 0 Å². The van der Waals surface area contributed by atoms with E-state index in [4.69, 9.17) is 15.6 Å². The van der Waals surface area contributed by atoms with Gasteiger partial charge in [-0.3, -0.25) is 0 Å². The van der Waals surface area contributed by atoms with Crippen molar-refractivity contribution in [3.05, 3.63) is 23.8 Å². The molecule has 1 aromatic rings. The van der Waals surface area contributed by atoms with E-state index in [1.54, 1.807) is 19.2 Å². The van der Waals surface area contributed by atoms with Crippen LogP contribution in [-0.4, -0.2) is 37.9 Å². The fourth-order valence-corrected chi connectivity index (χ4v) is 2.63. The standard InChI is InChI=1S/C14H20N2O3/c1-19-9-10-3-2-6-16(8-10)13-5-4-11(14(17)18)7-12(13)15/h4-5,7,10H,2-3,6,8-9,15H2,1H3,(H,17,18). The van der Waals surface area contributed by atoms with Crippen molar-refractivity contribution in [3.8, 4) is 0 Å². The number of nitrogens with zero attached hydrogens (tertiary/aromatic N) is 1.